The monoisotopic (exact) mass is 773 g/mol. The van der Waals surface area contributed by atoms with Gasteiger partial charge in [-0.1, -0.05) is 152 Å². The van der Waals surface area contributed by atoms with Crippen molar-refractivity contribution in [2.75, 3.05) is 12.3 Å². The van der Waals surface area contributed by atoms with Crippen molar-refractivity contribution >= 4 is 41.6 Å². The van der Waals surface area contributed by atoms with Crippen LogP contribution >= 0.6 is 11.8 Å². The van der Waals surface area contributed by atoms with Crippen LogP contribution in [0.5, 0.6) is 0 Å². The number of ether oxygens (including phenoxy) is 2. The van der Waals surface area contributed by atoms with Gasteiger partial charge in [0.05, 0.1) is 4.75 Å². The van der Waals surface area contributed by atoms with Gasteiger partial charge in [0.2, 0.25) is 11.8 Å². The first-order valence-corrected chi connectivity index (χ1v) is 19.0. The molecule has 0 saturated heterocycles. The van der Waals surface area contributed by atoms with Gasteiger partial charge in [-0.2, -0.15) is 0 Å². The number of alkyl carbamates (subject to hydrolysis) is 1. The largest absolute Gasteiger partial charge is 0.480 e. The van der Waals surface area contributed by atoms with Gasteiger partial charge in [-0.25, -0.2) is 9.59 Å². The fourth-order valence-corrected chi connectivity index (χ4v) is 7.53. The molecule has 5 rings (SSSR count). The Morgan fingerprint density at radius 1 is 0.589 bits per heavy atom. The molecule has 12 heteroatoms. The first-order valence-electron chi connectivity index (χ1n) is 18.0. The first kappa shape index (κ1) is 40.8. The number of carboxylic acids is 1. The highest BCUT2D eigenvalue weighted by Gasteiger charge is 2.38. The van der Waals surface area contributed by atoms with Gasteiger partial charge >= 0.3 is 18.0 Å². The van der Waals surface area contributed by atoms with Crippen LogP contribution in [0.4, 0.5) is 4.79 Å². The highest BCUT2D eigenvalue weighted by Crippen LogP contribution is 2.48. The van der Waals surface area contributed by atoms with Crippen molar-refractivity contribution in [1.29, 1.82) is 0 Å². The molecule has 0 heterocycles. The van der Waals surface area contributed by atoms with Crippen molar-refractivity contribution < 1.29 is 38.6 Å². The summed E-state index contributed by atoms with van der Waals surface area (Å²) < 4.78 is 9.99. The van der Waals surface area contributed by atoms with Gasteiger partial charge in [0, 0.05) is 12.2 Å². The molecule has 4 N–H and O–H groups in total. The van der Waals surface area contributed by atoms with Gasteiger partial charge in [-0.15, -0.1) is 11.8 Å². The lowest BCUT2D eigenvalue weighted by Gasteiger charge is -2.36. The Bertz CT molecular complexity index is 1920. The summed E-state index contributed by atoms with van der Waals surface area (Å²) in [6.45, 7) is -0.750. The van der Waals surface area contributed by atoms with Crippen LogP contribution in [0.15, 0.2) is 152 Å². The van der Waals surface area contributed by atoms with E-state index < -0.39 is 53.2 Å². The summed E-state index contributed by atoms with van der Waals surface area (Å²) in [5.74, 6) is -3.29. The van der Waals surface area contributed by atoms with E-state index >= 15 is 0 Å². The normalized spacial score (nSPS) is 12.0. The van der Waals surface area contributed by atoms with Crippen LogP contribution in [0.25, 0.3) is 0 Å². The van der Waals surface area contributed by atoms with Crippen molar-refractivity contribution in [2.45, 2.75) is 42.9 Å². The third kappa shape index (κ3) is 11.8. The summed E-state index contributed by atoms with van der Waals surface area (Å²) in [6.07, 6.45) is -1.35. The Labute approximate surface area is 329 Å². The quantitative estimate of drug-likeness (QED) is 0.0565. The average Bonchev–Trinajstić information content (AvgIpc) is 3.24. The fraction of sp³-hybridized carbons (Fsp3) is 0.205. The number of nitrogens with one attached hydrogen (secondary N) is 3. The molecule has 288 valence electrons. The molecule has 0 aliphatic heterocycles. The molecule has 0 radical (unpaired) electrons. The van der Waals surface area contributed by atoms with E-state index in [4.69, 9.17) is 9.47 Å². The Kier molecular flexibility index (Phi) is 15.2. The van der Waals surface area contributed by atoms with E-state index in [1.165, 1.54) is 11.8 Å². The summed E-state index contributed by atoms with van der Waals surface area (Å²) in [5, 5.41) is 17.0. The number of benzene rings is 5. The van der Waals surface area contributed by atoms with E-state index in [1.807, 2.05) is 103 Å². The zero-order chi connectivity index (χ0) is 39.6. The summed E-state index contributed by atoms with van der Waals surface area (Å²) in [4.78, 5) is 64.7. The number of amides is 3. The zero-order valence-corrected chi connectivity index (χ0v) is 31.4. The van der Waals surface area contributed by atoms with Crippen LogP contribution in [0, 0.1) is 0 Å². The van der Waals surface area contributed by atoms with Gasteiger partial charge in [0.25, 0.3) is 0 Å². The van der Waals surface area contributed by atoms with Gasteiger partial charge in [-0.05, 0) is 34.2 Å². The second-order valence-electron chi connectivity index (χ2n) is 12.7. The summed E-state index contributed by atoms with van der Waals surface area (Å²) >= 11 is 1.42. The molecule has 2 atom stereocenters. The van der Waals surface area contributed by atoms with E-state index in [0.717, 1.165) is 27.8 Å². The Morgan fingerprint density at radius 3 is 1.50 bits per heavy atom. The van der Waals surface area contributed by atoms with Crippen LogP contribution in [-0.4, -0.2) is 59.3 Å². The molecular weight excluding hydrogens is 731 g/mol. The summed E-state index contributed by atoms with van der Waals surface area (Å²) in [7, 11) is 0. The van der Waals surface area contributed by atoms with E-state index in [-0.39, 0.29) is 31.8 Å². The van der Waals surface area contributed by atoms with Gasteiger partial charge in [0.1, 0.15) is 31.8 Å². The predicted molar refractivity (Wildman–Crippen MR) is 213 cm³/mol. The van der Waals surface area contributed by atoms with Crippen molar-refractivity contribution in [3.05, 3.63) is 179 Å². The van der Waals surface area contributed by atoms with Crippen LogP contribution in [-0.2, 0) is 46.6 Å². The molecule has 5 aromatic carbocycles. The van der Waals surface area contributed by atoms with Crippen LogP contribution < -0.4 is 16.0 Å². The number of rotatable bonds is 19. The Balaban J connectivity index is 1.34. The number of hydrogen-bond donors (Lipinski definition) is 4. The number of thioether (sulfide) groups is 1. The lowest BCUT2D eigenvalue weighted by Crippen LogP contribution is -2.50. The summed E-state index contributed by atoms with van der Waals surface area (Å²) in [6, 6.07) is 44.9. The number of carbonyl (C=O) groups excluding carboxylic acids is 4. The van der Waals surface area contributed by atoms with E-state index in [2.05, 4.69) is 16.0 Å². The predicted octanol–water partition coefficient (Wildman–Crippen LogP) is 6.22. The fourth-order valence-electron chi connectivity index (χ4n) is 5.97. The molecule has 0 aliphatic carbocycles. The molecule has 0 aliphatic rings. The molecule has 0 bridgehead atoms. The maximum absolute atomic E-state index is 13.6. The average molecular weight is 774 g/mol. The van der Waals surface area contributed by atoms with Crippen LogP contribution in [0.3, 0.4) is 0 Å². The Morgan fingerprint density at radius 2 is 1.04 bits per heavy atom. The standard InChI is InChI=1S/C44H43N3O8S/c48-39(27-26-37(42(52)54-29-32-16-6-1-7-17-32)47-43(53)55-30-33-18-8-2-9-19-33)46-38(41(51)45-28-40(49)50)31-56-44(34-20-10-3-11-21-34,35-22-12-4-13-23-35)36-24-14-5-15-25-36/h1-25,37-38H,26-31H2,(H,45,51)(H,46,48)(H,47,53)(H,49,50)/t37-,38-/m0/s1. The van der Waals surface area contributed by atoms with Gasteiger partial charge in [-0.3, -0.25) is 14.4 Å². The van der Waals surface area contributed by atoms with Crippen LogP contribution in [0.1, 0.15) is 40.7 Å². The van der Waals surface area contributed by atoms with Gasteiger partial charge < -0.3 is 30.5 Å². The number of esters is 1. The molecule has 5 aromatic rings. The maximum Gasteiger partial charge on any atom is 0.408 e. The maximum atomic E-state index is 13.6. The minimum Gasteiger partial charge on any atom is -0.480 e. The second-order valence-corrected chi connectivity index (χ2v) is 13.9. The van der Waals surface area contributed by atoms with Crippen molar-refractivity contribution in [2.24, 2.45) is 0 Å². The molecule has 0 fully saturated rings. The molecule has 0 unspecified atom stereocenters. The summed E-state index contributed by atoms with van der Waals surface area (Å²) in [5.41, 5.74) is 4.27. The third-order valence-electron chi connectivity index (χ3n) is 8.75. The zero-order valence-electron chi connectivity index (χ0n) is 30.5. The molecule has 0 aromatic heterocycles. The molecular formula is C44H43N3O8S. The number of hydrogen-bond acceptors (Lipinski definition) is 8. The molecule has 11 nitrogen and oxygen atoms in total. The molecule has 0 saturated carbocycles. The lowest BCUT2D eigenvalue weighted by molar-refractivity contribution is -0.147. The molecule has 0 spiro atoms. The minimum absolute atomic E-state index is 0.0302. The third-order valence-corrected chi connectivity index (χ3v) is 10.4. The first-order chi connectivity index (χ1) is 27.2. The minimum atomic E-state index is -1.26. The number of carboxylic acid groups (broad SMARTS) is 1. The highest BCUT2D eigenvalue weighted by molar-refractivity contribution is 8.00. The van der Waals surface area contributed by atoms with E-state index in [0.29, 0.717) is 0 Å². The topological polar surface area (TPSA) is 160 Å². The van der Waals surface area contributed by atoms with Crippen molar-refractivity contribution in [1.82, 2.24) is 16.0 Å². The van der Waals surface area contributed by atoms with Gasteiger partial charge in [0.15, 0.2) is 0 Å². The Hall–Kier alpha value is -6.40. The SMILES string of the molecule is O=C(O)CNC(=O)[C@H](CSC(c1ccccc1)(c1ccccc1)c1ccccc1)NC(=O)CC[C@H](NC(=O)OCc1ccccc1)C(=O)OCc1ccccc1. The number of aliphatic carboxylic acids is 1. The van der Waals surface area contributed by atoms with Crippen molar-refractivity contribution in [3.63, 3.8) is 0 Å². The van der Waals surface area contributed by atoms with Crippen LogP contribution in [0.2, 0.25) is 0 Å². The highest BCUT2D eigenvalue weighted by atomic mass is 32.2. The smallest absolute Gasteiger partial charge is 0.408 e. The molecule has 3 amide bonds. The number of carbonyl (C=O) groups is 5. The second kappa shape index (κ2) is 20.9. The molecule has 56 heavy (non-hydrogen) atoms. The van der Waals surface area contributed by atoms with Crippen molar-refractivity contribution in [3.8, 4) is 0 Å². The van der Waals surface area contributed by atoms with E-state index in [9.17, 15) is 29.1 Å². The van der Waals surface area contributed by atoms with E-state index in [1.54, 1.807) is 48.5 Å². The lowest BCUT2D eigenvalue weighted by atomic mass is 9.84.